The van der Waals surface area contributed by atoms with Gasteiger partial charge in [0.05, 0.1) is 0 Å². The van der Waals surface area contributed by atoms with E-state index in [-0.39, 0.29) is 48.7 Å². The van der Waals surface area contributed by atoms with Crippen molar-refractivity contribution < 1.29 is 38.6 Å². The molecule has 0 bridgehead atoms. The summed E-state index contributed by atoms with van der Waals surface area (Å²) in [4.78, 5) is 63.3. The van der Waals surface area contributed by atoms with Crippen LogP contribution in [0.4, 0.5) is 4.79 Å². The van der Waals surface area contributed by atoms with E-state index in [1.807, 2.05) is 39.0 Å². The van der Waals surface area contributed by atoms with Gasteiger partial charge in [-0.1, -0.05) is 44.2 Å². The molecule has 0 aliphatic carbocycles. The minimum Gasteiger partial charge on any atom is -0.486 e. The van der Waals surface area contributed by atoms with Gasteiger partial charge in [-0.3, -0.25) is 14.4 Å². The number of carbonyl (C=O) groups excluding carboxylic acids is 4. The van der Waals surface area contributed by atoms with Crippen molar-refractivity contribution in [2.75, 3.05) is 19.7 Å². The second-order valence-corrected chi connectivity index (χ2v) is 11.4. The number of aliphatic carboxylic acids is 1. The zero-order chi connectivity index (χ0) is 31.5. The van der Waals surface area contributed by atoms with Gasteiger partial charge in [0.2, 0.25) is 11.8 Å². The van der Waals surface area contributed by atoms with Gasteiger partial charge in [-0.15, -0.1) is 0 Å². The molecule has 2 atom stereocenters. The standard InChI is InChI=1S/C32H41N3O8/c1-20(2)16-24(18-25(36)19-42-28-7-5-4-6-21(28)3)30(38)34-27(31(39)40)17-22-8-10-26(11-9-22)43-32(41)35-14-12-23(13-15-35)29(33)37/h4-11,20,23-24,27H,12-19H2,1-3H3,(H2,33,37)(H,34,38)(H,39,40)/t24-,27+/m1/s1. The van der Waals surface area contributed by atoms with Gasteiger partial charge in [0.25, 0.3) is 0 Å². The summed E-state index contributed by atoms with van der Waals surface area (Å²) in [5.41, 5.74) is 6.84. The number of carboxylic acids is 1. The van der Waals surface area contributed by atoms with E-state index in [9.17, 15) is 29.1 Å². The highest BCUT2D eigenvalue weighted by atomic mass is 16.6. The first kappa shape index (κ1) is 33.1. The molecule has 2 aromatic carbocycles. The summed E-state index contributed by atoms with van der Waals surface area (Å²) in [5.74, 6) is -2.30. The monoisotopic (exact) mass is 595 g/mol. The van der Waals surface area contributed by atoms with Gasteiger partial charge >= 0.3 is 12.1 Å². The van der Waals surface area contributed by atoms with E-state index in [1.165, 1.54) is 4.90 Å². The molecule has 4 N–H and O–H groups in total. The molecule has 0 aromatic heterocycles. The number of ketones is 1. The predicted molar refractivity (Wildman–Crippen MR) is 158 cm³/mol. The molecule has 1 aliphatic heterocycles. The number of primary amides is 1. The third kappa shape index (κ3) is 10.4. The Labute approximate surface area is 251 Å². The number of benzene rings is 2. The van der Waals surface area contributed by atoms with Crippen molar-refractivity contribution in [3.8, 4) is 11.5 Å². The number of carboxylic acid groups (broad SMARTS) is 1. The molecule has 43 heavy (non-hydrogen) atoms. The highest BCUT2D eigenvalue weighted by Gasteiger charge is 2.29. The largest absolute Gasteiger partial charge is 0.486 e. The number of aryl methyl sites for hydroxylation is 1. The predicted octanol–water partition coefficient (Wildman–Crippen LogP) is 3.50. The minimum absolute atomic E-state index is 0.00529. The Morgan fingerprint density at radius 2 is 1.67 bits per heavy atom. The van der Waals surface area contributed by atoms with E-state index in [0.717, 1.165) is 5.56 Å². The summed E-state index contributed by atoms with van der Waals surface area (Å²) >= 11 is 0. The summed E-state index contributed by atoms with van der Waals surface area (Å²) in [6.45, 7) is 6.29. The van der Waals surface area contributed by atoms with Gasteiger partial charge in [-0.05, 0) is 61.4 Å². The molecular formula is C32H41N3O8. The Balaban J connectivity index is 1.55. The first-order chi connectivity index (χ1) is 20.4. The van der Waals surface area contributed by atoms with Crippen molar-refractivity contribution in [3.05, 3.63) is 59.7 Å². The van der Waals surface area contributed by atoms with Gasteiger partial charge in [0.1, 0.15) is 24.1 Å². The average molecular weight is 596 g/mol. The number of carbonyl (C=O) groups is 5. The van der Waals surface area contributed by atoms with E-state index in [2.05, 4.69) is 5.32 Å². The lowest BCUT2D eigenvalue weighted by molar-refractivity contribution is -0.142. The molecule has 0 saturated carbocycles. The molecule has 0 unspecified atom stereocenters. The minimum atomic E-state index is -1.22. The number of rotatable bonds is 14. The average Bonchev–Trinajstić information content (AvgIpc) is 2.96. The van der Waals surface area contributed by atoms with Gasteiger partial charge in [-0.2, -0.15) is 0 Å². The second-order valence-electron chi connectivity index (χ2n) is 11.4. The van der Waals surface area contributed by atoms with Crippen molar-refractivity contribution in [2.45, 2.75) is 58.9 Å². The van der Waals surface area contributed by atoms with E-state index in [1.54, 1.807) is 30.3 Å². The second kappa shape index (κ2) is 15.7. The highest BCUT2D eigenvalue weighted by molar-refractivity contribution is 5.90. The van der Waals surface area contributed by atoms with Crippen LogP contribution in [-0.2, 0) is 25.6 Å². The molecule has 1 heterocycles. The number of likely N-dealkylation sites (tertiary alicyclic amines) is 1. The fraction of sp³-hybridized carbons (Fsp3) is 0.469. The molecule has 0 spiro atoms. The number of nitrogens with zero attached hydrogens (tertiary/aromatic N) is 1. The van der Waals surface area contributed by atoms with Gasteiger partial charge in [-0.25, -0.2) is 9.59 Å². The summed E-state index contributed by atoms with van der Waals surface area (Å²) in [6, 6.07) is 12.5. The molecule has 1 aliphatic rings. The Bertz CT molecular complexity index is 1290. The summed E-state index contributed by atoms with van der Waals surface area (Å²) < 4.78 is 11.1. The Hall–Kier alpha value is -4.41. The lowest BCUT2D eigenvalue weighted by atomic mass is 9.91. The van der Waals surface area contributed by atoms with Gasteiger partial charge in [0, 0.05) is 37.8 Å². The zero-order valence-electron chi connectivity index (χ0n) is 24.9. The van der Waals surface area contributed by atoms with Crippen LogP contribution in [0.15, 0.2) is 48.5 Å². The number of amides is 3. The van der Waals surface area contributed by atoms with Crippen molar-refractivity contribution in [1.82, 2.24) is 10.2 Å². The number of Topliss-reactive ketones (excluding diaryl/α,β-unsaturated/α-hetero) is 1. The molecule has 0 radical (unpaired) electrons. The third-order valence-corrected chi connectivity index (χ3v) is 7.42. The maximum Gasteiger partial charge on any atom is 0.415 e. The fourth-order valence-electron chi connectivity index (χ4n) is 4.99. The Morgan fingerprint density at radius 3 is 2.26 bits per heavy atom. The Morgan fingerprint density at radius 1 is 1.02 bits per heavy atom. The van der Waals surface area contributed by atoms with Crippen LogP contribution in [0.2, 0.25) is 0 Å². The first-order valence-corrected chi connectivity index (χ1v) is 14.5. The smallest absolute Gasteiger partial charge is 0.415 e. The third-order valence-electron chi connectivity index (χ3n) is 7.42. The quantitative estimate of drug-likeness (QED) is 0.299. The molecule has 3 rings (SSSR count). The first-order valence-electron chi connectivity index (χ1n) is 14.5. The number of piperidine rings is 1. The highest BCUT2D eigenvalue weighted by Crippen LogP contribution is 2.21. The lowest BCUT2D eigenvalue weighted by Gasteiger charge is -2.29. The van der Waals surface area contributed by atoms with Gasteiger partial charge < -0.3 is 30.5 Å². The van der Waals surface area contributed by atoms with Crippen LogP contribution in [0, 0.1) is 24.7 Å². The summed E-state index contributed by atoms with van der Waals surface area (Å²) in [5, 5.41) is 12.4. The van der Waals surface area contributed by atoms with Crippen molar-refractivity contribution in [1.29, 1.82) is 0 Å². The van der Waals surface area contributed by atoms with Crippen molar-refractivity contribution >= 4 is 29.7 Å². The van der Waals surface area contributed by atoms with Crippen molar-refractivity contribution in [3.63, 3.8) is 0 Å². The van der Waals surface area contributed by atoms with Crippen LogP contribution in [0.3, 0.4) is 0 Å². The Kier molecular flexibility index (Phi) is 12.1. The summed E-state index contributed by atoms with van der Waals surface area (Å²) in [6.07, 6.45) is 0.769. The number of ether oxygens (including phenoxy) is 2. The number of nitrogens with one attached hydrogen (secondary N) is 1. The van der Waals surface area contributed by atoms with Crippen LogP contribution in [-0.4, -0.2) is 65.4 Å². The van der Waals surface area contributed by atoms with Crippen LogP contribution in [0.1, 0.15) is 50.7 Å². The molecule has 1 saturated heterocycles. The lowest BCUT2D eigenvalue weighted by Crippen LogP contribution is -2.45. The van der Waals surface area contributed by atoms with Gasteiger partial charge in [0.15, 0.2) is 5.78 Å². The van der Waals surface area contributed by atoms with E-state index >= 15 is 0 Å². The molecule has 2 aromatic rings. The molecule has 11 nitrogen and oxygen atoms in total. The number of hydrogen-bond donors (Lipinski definition) is 3. The topological polar surface area (TPSA) is 165 Å². The van der Waals surface area contributed by atoms with E-state index in [4.69, 9.17) is 15.2 Å². The normalized spacial score (nSPS) is 14.9. The zero-order valence-corrected chi connectivity index (χ0v) is 24.9. The molecule has 1 fully saturated rings. The van der Waals surface area contributed by atoms with Crippen LogP contribution >= 0.6 is 0 Å². The fourth-order valence-corrected chi connectivity index (χ4v) is 4.99. The molecular weight excluding hydrogens is 554 g/mol. The molecule has 232 valence electrons. The molecule has 11 heteroatoms. The maximum atomic E-state index is 13.2. The van der Waals surface area contributed by atoms with Crippen LogP contribution in [0.5, 0.6) is 11.5 Å². The van der Waals surface area contributed by atoms with E-state index in [0.29, 0.717) is 43.7 Å². The van der Waals surface area contributed by atoms with Crippen molar-refractivity contribution in [2.24, 2.45) is 23.5 Å². The van der Waals surface area contributed by atoms with E-state index < -0.39 is 29.9 Å². The molecule has 3 amide bonds. The number of para-hydroxylation sites is 1. The SMILES string of the molecule is Cc1ccccc1OCC(=O)C[C@@H](CC(C)C)C(=O)N[C@@H](Cc1ccc(OC(=O)N2CCC(C(N)=O)CC2)cc1)C(=O)O. The van der Waals surface area contributed by atoms with Crippen LogP contribution in [0.25, 0.3) is 0 Å². The maximum absolute atomic E-state index is 13.2. The van der Waals surface area contributed by atoms with Crippen LogP contribution < -0.4 is 20.5 Å². The number of nitrogens with two attached hydrogens (primary N) is 1. The number of hydrogen-bond acceptors (Lipinski definition) is 7. The summed E-state index contributed by atoms with van der Waals surface area (Å²) in [7, 11) is 0.